The summed E-state index contributed by atoms with van der Waals surface area (Å²) in [5, 5.41) is 0. The van der Waals surface area contributed by atoms with Gasteiger partial charge < -0.3 is 4.74 Å². The largest absolute Gasteiger partial charge is 0.381 e. The highest BCUT2D eigenvalue weighted by Crippen LogP contribution is 2.32. The van der Waals surface area contributed by atoms with E-state index < -0.39 is 0 Å². The third-order valence-corrected chi connectivity index (χ3v) is 2.51. The van der Waals surface area contributed by atoms with Crippen LogP contribution in [-0.4, -0.2) is 13.2 Å². The zero-order valence-electron chi connectivity index (χ0n) is 9.39. The number of hydrogen-bond acceptors (Lipinski definition) is 1. The minimum Gasteiger partial charge on any atom is -0.381 e. The van der Waals surface area contributed by atoms with Crippen molar-refractivity contribution in [2.45, 2.75) is 27.7 Å². The molecule has 0 saturated carbocycles. The summed E-state index contributed by atoms with van der Waals surface area (Å²) >= 11 is 0. The molecule has 0 aromatic carbocycles. The molecular weight excluding hydrogens is 160 g/mol. The Bertz CT molecular complexity index is 180. The van der Waals surface area contributed by atoms with Gasteiger partial charge in [-0.2, -0.15) is 0 Å². The average Bonchev–Trinajstić information content (AvgIpc) is 2.04. The molecule has 0 amide bonds. The Hall–Kier alpha value is -0.560. The second-order valence-corrected chi connectivity index (χ2v) is 4.08. The van der Waals surface area contributed by atoms with E-state index in [0.29, 0.717) is 5.92 Å². The lowest BCUT2D eigenvalue weighted by Gasteiger charge is -2.31. The molecule has 1 atom stereocenters. The van der Waals surface area contributed by atoms with Gasteiger partial charge in [0.15, 0.2) is 0 Å². The van der Waals surface area contributed by atoms with E-state index in [0.717, 1.165) is 13.2 Å². The molecule has 0 fully saturated rings. The molecule has 13 heavy (non-hydrogen) atoms. The van der Waals surface area contributed by atoms with Crippen molar-refractivity contribution in [3.05, 3.63) is 24.8 Å². The molecule has 0 spiro atoms. The Morgan fingerprint density at radius 2 is 2.08 bits per heavy atom. The highest BCUT2D eigenvalue weighted by Gasteiger charge is 2.26. The van der Waals surface area contributed by atoms with E-state index in [1.165, 1.54) is 5.57 Å². The summed E-state index contributed by atoms with van der Waals surface area (Å²) in [5.74, 6) is 0.366. The standard InChI is InChI=1S/C12H22O/c1-7-12(5,6)11(10(3)4)9-13-8-2/h7,11H,1,3,8-9H2,2,4-6H3. The van der Waals surface area contributed by atoms with Gasteiger partial charge in [0.2, 0.25) is 0 Å². The molecule has 0 aromatic rings. The van der Waals surface area contributed by atoms with Gasteiger partial charge in [-0.3, -0.25) is 0 Å². The van der Waals surface area contributed by atoms with Gasteiger partial charge >= 0.3 is 0 Å². The number of ether oxygens (including phenoxy) is 1. The van der Waals surface area contributed by atoms with E-state index in [9.17, 15) is 0 Å². The molecule has 1 unspecified atom stereocenters. The second kappa shape index (κ2) is 5.23. The summed E-state index contributed by atoms with van der Waals surface area (Å²) in [6, 6.07) is 0. The normalized spacial score (nSPS) is 13.8. The lowest BCUT2D eigenvalue weighted by atomic mass is 9.76. The topological polar surface area (TPSA) is 9.23 Å². The molecule has 0 aromatic heterocycles. The van der Waals surface area contributed by atoms with Gasteiger partial charge in [0.25, 0.3) is 0 Å². The maximum Gasteiger partial charge on any atom is 0.0539 e. The van der Waals surface area contributed by atoms with Gasteiger partial charge in [0.1, 0.15) is 0 Å². The highest BCUT2D eigenvalue weighted by molar-refractivity contribution is 5.07. The second-order valence-electron chi connectivity index (χ2n) is 4.08. The molecular formula is C12H22O. The van der Waals surface area contributed by atoms with Crippen LogP contribution in [0.15, 0.2) is 24.8 Å². The molecule has 0 aliphatic rings. The van der Waals surface area contributed by atoms with Crippen molar-refractivity contribution < 1.29 is 4.74 Å². The minimum atomic E-state index is 0.0704. The summed E-state index contributed by atoms with van der Waals surface area (Å²) in [5.41, 5.74) is 1.24. The fraction of sp³-hybridized carbons (Fsp3) is 0.667. The van der Waals surface area contributed by atoms with E-state index >= 15 is 0 Å². The third-order valence-electron chi connectivity index (χ3n) is 2.51. The molecule has 0 radical (unpaired) electrons. The van der Waals surface area contributed by atoms with E-state index in [1.54, 1.807) is 0 Å². The van der Waals surface area contributed by atoms with Crippen LogP contribution < -0.4 is 0 Å². The van der Waals surface area contributed by atoms with Gasteiger partial charge in [0.05, 0.1) is 6.61 Å². The van der Waals surface area contributed by atoms with Crippen LogP contribution in [0.1, 0.15) is 27.7 Å². The van der Waals surface area contributed by atoms with Crippen molar-refractivity contribution in [2.75, 3.05) is 13.2 Å². The van der Waals surface area contributed by atoms with Crippen LogP contribution in [0.3, 0.4) is 0 Å². The van der Waals surface area contributed by atoms with Crippen LogP contribution in [-0.2, 0) is 4.74 Å². The molecule has 0 heterocycles. The fourth-order valence-electron chi connectivity index (χ4n) is 1.37. The molecule has 0 N–H and O–H groups in total. The first kappa shape index (κ1) is 12.4. The Morgan fingerprint density at radius 3 is 2.38 bits per heavy atom. The van der Waals surface area contributed by atoms with Crippen molar-refractivity contribution in [1.29, 1.82) is 0 Å². The molecule has 1 heteroatoms. The molecule has 0 aliphatic carbocycles. The highest BCUT2D eigenvalue weighted by atomic mass is 16.5. The average molecular weight is 182 g/mol. The van der Waals surface area contributed by atoms with Crippen LogP contribution in [0.5, 0.6) is 0 Å². The maximum absolute atomic E-state index is 5.44. The van der Waals surface area contributed by atoms with Crippen molar-refractivity contribution in [3.8, 4) is 0 Å². The Labute approximate surface area is 82.5 Å². The summed E-state index contributed by atoms with van der Waals surface area (Å²) in [6.45, 7) is 17.7. The first-order valence-corrected chi connectivity index (χ1v) is 4.82. The van der Waals surface area contributed by atoms with Gasteiger partial charge in [-0.05, 0) is 19.3 Å². The quantitative estimate of drug-likeness (QED) is 0.572. The lowest BCUT2D eigenvalue weighted by molar-refractivity contribution is 0.0892. The van der Waals surface area contributed by atoms with Crippen LogP contribution in [0.2, 0.25) is 0 Å². The Morgan fingerprint density at radius 1 is 1.54 bits per heavy atom. The van der Waals surface area contributed by atoms with Crippen molar-refractivity contribution in [1.82, 2.24) is 0 Å². The minimum absolute atomic E-state index is 0.0704. The Balaban J connectivity index is 4.41. The smallest absolute Gasteiger partial charge is 0.0539 e. The third kappa shape index (κ3) is 3.77. The van der Waals surface area contributed by atoms with Gasteiger partial charge in [-0.25, -0.2) is 0 Å². The maximum atomic E-state index is 5.44. The summed E-state index contributed by atoms with van der Waals surface area (Å²) < 4.78 is 5.44. The zero-order chi connectivity index (χ0) is 10.5. The molecule has 0 rings (SSSR count). The zero-order valence-corrected chi connectivity index (χ0v) is 9.39. The summed E-state index contributed by atoms with van der Waals surface area (Å²) in [6.07, 6.45) is 1.98. The Kier molecular flexibility index (Phi) is 5.01. The van der Waals surface area contributed by atoms with E-state index in [4.69, 9.17) is 4.74 Å². The predicted octanol–water partition coefficient (Wildman–Crippen LogP) is 3.43. The monoisotopic (exact) mass is 182 g/mol. The summed E-state index contributed by atoms with van der Waals surface area (Å²) in [7, 11) is 0. The van der Waals surface area contributed by atoms with E-state index in [-0.39, 0.29) is 5.41 Å². The van der Waals surface area contributed by atoms with E-state index in [1.807, 2.05) is 13.0 Å². The molecule has 1 nitrogen and oxygen atoms in total. The van der Waals surface area contributed by atoms with Gasteiger partial charge in [-0.15, -0.1) is 6.58 Å². The lowest BCUT2D eigenvalue weighted by Crippen LogP contribution is -2.27. The molecule has 76 valence electrons. The van der Waals surface area contributed by atoms with Crippen LogP contribution in [0.4, 0.5) is 0 Å². The molecule has 0 saturated heterocycles. The first-order valence-electron chi connectivity index (χ1n) is 4.82. The van der Waals surface area contributed by atoms with Crippen molar-refractivity contribution in [2.24, 2.45) is 11.3 Å². The van der Waals surface area contributed by atoms with E-state index in [2.05, 4.69) is 33.9 Å². The number of rotatable bonds is 6. The number of allylic oxidation sites excluding steroid dienone is 1. The molecule has 0 bridgehead atoms. The summed E-state index contributed by atoms with van der Waals surface area (Å²) in [4.78, 5) is 0. The van der Waals surface area contributed by atoms with Crippen molar-refractivity contribution >= 4 is 0 Å². The molecule has 0 aliphatic heterocycles. The first-order chi connectivity index (χ1) is 5.95. The fourth-order valence-corrected chi connectivity index (χ4v) is 1.37. The van der Waals surface area contributed by atoms with Gasteiger partial charge in [-0.1, -0.05) is 32.1 Å². The van der Waals surface area contributed by atoms with Crippen LogP contribution in [0.25, 0.3) is 0 Å². The van der Waals surface area contributed by atoms with Crippen LogP contribution >= 0.6 is 0 Å². The van der Waals surface area contributed by atoms with Crippen LogP contribution in [0, 0.1) is 11.3 Å². The number of hydrogen-bond donors (Lipinski definition) is 0. The van der Waals surface area contributed by atoms with Crippen molar-refractivity contribution in [3.63, 3.8) is 0 Å². The van der Waals surface area contributed by atoms with Gasteiger partial charge in [0, 0.05) is 12.5 Å². The SMILES string of the molecule is C=CC(C)(C)C(COCC)C(=C)C. The predicted molar refractivity (Wildman–Crippen MR) is 58.8 cm³/mol.